The van der Waals surface area contributed by atoms with Gasteiger partial charge in [-0.3, -0.25) is 4.90 Å². The standard InChI is InChI=1S/C8H18N2O3S/c1-7-6-14(12,13)3-2-10(7)5-8(11)4-9/h7-8,11H,2-6,9H2,1H3. The Labute approximate surface area is 84.8 Å². The molecule has 2 atom stereocenters. The molecule has 0 aliphatic carbocycles. The first-order chi connectivity index (χ1) is 6.44. The molecule has 1 rings (SSSR count). The van der Waals surface area contributed by atoms with Crippen molar-refractivity contribution >= 4 is 9.84 Å². The minimum absolute atomic E-state index is 0.0186. The number of nitrogens with two attached hydrogens (primary N) is 1. The molecule has 3 N–H and O–H groups in total. The summed E-state index contributed by atoms with van der Waals surface area (Å²) < 4.78 is 22.5. The van der Waals surface area contributed by atoms with Crippen LogP contribution in [0.4, 0.5) is 0 Å². The molecule has 0 saturated carbocycles. The fourth-order valence-electron chi connectivity index (χ4n) is 1.65. The topological polar surface area (TPSA) is 83.6 Å². The Bertz CT molecular complexity index is 278. The van der Waals surface area contributed by atoms with E-state index in [1.54, 1.807) is 0 Å². The van der Waals surface area contributed by atoms with Gasteiger partial charge < -0.3 is 10.8 Å². The maximum atomic E-state index is 11.2. The lowest BCUT2D eigenvalue weighted by atomic mass is 10.2. The molecular formula is C8H18N2O3S. The number of aliphatic hydroxyl groups is 1. The first-order valence-corrected chi connectivity index (χ1v) is 6.59. The van der Waals surface area contributed by atoms with Gasteiger partial charge in [-0.15, -0.1) is 0 Å². The van der Waals surface area contributed by atoms with Crippen LogP contribution in [-0.4, -0.2) is 61.7 Å². The number of rotatable bonds is 3. The average Bonchev–Trinajstić information content (AvgIpc) is 2.09. The Morgan fingerprint density at radius 3 is 2.79 bits per heavy atom. The van der Waals surface area contributed by atoms with Crippen LogP contribution >= 0.6 is 0 Å². The Balaban J connectivity index is 2.50. The van der Waals surface area contributed by atoms with Crippen LogP contribution in [0.3, 0.4) is 0 Å². The van der Waals surface area contributed by atoms with Crippen molar-refractivity contribution in [3.63, 3.8) is 0 Å². The molecule has 84 valence electrons. The Kier molecular flexibility index (Phi) is 3.88. The van der Waals surface area contributed by atoms with Crippen molar-refractivity contribution in [1.82, 2.24) is 4.90 Å². The van der Waals surface area contributed by atoms with E-state index in [1.165, 1.54) is 0 Å². The number of nitrogens with zero attached hydrogens (tertiary/aromatic N) is 1. The molecule has 1 saturated heterocycles. The van der Waals surface area contributed by atoms with Gasteiger partial charge in [-0.25, -0.2) is 8.42 Å². The predicted octanol–water partition coefficient (Wildman–Crippen LogP) is -1.58. The SMILES string of the molecule is CC1CS(=O)(=O)CCN1CC(O)CN. The molecule has 1 aliphatic rings. The second kappa shape index (κ2) is 4.57. The third kappa shape index (κ3) is 3.20. The van der Waals surface area contributed by atoms with Gasteiger partial charge in [0.25, 0.3) is 0 Å². The number of sulfone groups is 1. The van der Waals surface area contributed by atoms with E-state index in [-0.39, 0.29) is 24.1 Å². The Morgan fingerprint density at radius 2 is 2.29 bits per heavy atom. The lowest BCUT2D eigenvalue weighted by molar-refractivity contribution is 0.103. The number of hydrogen-bond donors (Lipinski definition) is 2. The molecule has 1 aliphatic heterocycles. The Morgan fingerprint density at radius 1 is 1.64 bits per heavy atom. The molecular weight excluding hydrogens is 204 g/mol. The van der Waals surface area contributed by atoms with Gasteiger partial charge in [0.15, 0.2) is 9.84 Å². The first-order valence-electron chi connectivity index (χ1n) is 4.77. The van der Waals surface area contributed by atoms with Crippen molar-refractivity contribution in [2.45, 2.75) is 19.1 Å². The molecule has 1 heterocycles. The van der Waals surface area contributed by atoms with E-state index in [4.69, 9.17) is 5.73 Å². The molecule has 0 aromatic rings. The van der Waals surface area contributed by atoms with Crippen LogP contribution in [-0.2, 0) is 9.84 Å². The number of hydrogen-bond acceptors (Lipinski definition) is 5. The highest BCUT2D eigenvalue weighted by atomic mass is 32.2. The van der Waals surface area contributed by atoms with Crippen molar-refractivity contribution in [3.05, 3.63) is 0 Å². The van der Waals surface area contributed by atoms with Crippen LogP contribution < -0.4 is 5.73 Å². The van der Waals surface area contributed by atoms with E-state index in [1.807, 2.05) is 11.8 Å². The maximum absolute atomic E-state index is 11.2. The average molecular weight is 222 g/mol. The lowest BCUT2D eigenvalue weighted by Gasteiger charge is -2.34. The molecule has 0 amide bonds. The summed E-state index contributed by atoms with van der Waals surface area (Å²) in [4.78, 5) is 1.97. The van der Waals surface area contributed by atoms with Crippen LogP contribution in [0, 0.1) is 0 Å². The van der Waals surface area contributed by atoms with Gasteiger partial charge in [-0.1, -0.05) is 0 Å². The van der Waals surface area contributed by atoms with Gasteiger partial charge >= 0.3 is 0 Å². The van der Waals surface area contributed by atoms with Crippen molar-refractivity contribution < 1.29 is 13.5 Å². The summed E-state index contributed by atoms with van der Waals surface area (Å²) in [7, 11) is -2.86. The van der Waals surface area contributed by atoms with Crippen LogP contribution in [0.25, 0.3) is 0 Å². The fourth-order valence-corrected chi connectivity index (χ4v) is 3.27. The quantitative estimate of drug-likeness (QED) is 0.602. The molecule has 0 radical (unpaired) electrons. The maximum Gasteiger partial charge on any atom is 0.153 e. The Hall–Kier alpha value is -0.170. The lowest BCUT2D eigenvalue weighted by Crippen LogP contribution is -2.50. The zero-order valence-electron chi connectivity index (χ0n) is 8.39. The van der Waals surface area contributed by atoms with Gasteiger partial charge in [0.2, 0.25) is 0 Å². The molecule has 1 fully saturated rings. The summed E-state index contributed by atoms with van der Waals surface area (Å²) in [5.74, 6) is 0.374. The van der Waals surface area contributed by atoms with Crippen LogP contribution in [0.1, 0.15) is 6.92 Å². The van der Waals surface area contributed by atoms with E-state index >= 15 is 0 Å². The molecule has 5 nitrogen and oxygen atoms in total. The fraction of sp³-hybridized carbons (Fsp3) is 1.00. The van der Waals surface area contributed by atoms with Crippen molar-refractivity contribution in [1.29, 1.82) is 0 Å². The monoisotopic (exact) mass is 222 g/mol. The van der Waals surface area contributed by atoms with Gasteiger partial charge in [0, 0.05) is 25.7 Å². The number of aliphatic hydroxyl groups excluding tert-OH is 1. The molecule has 2 unspecified atom stereocenters. The highest BCUT2D eigenvalue weighted by molar-refractivity contribution is 7.91. The zero-order chi connectivity index (χ0) is 10.8. The smallest absolute Gasteiger partial charge is 0.153 e. The summed E-state index contributed by atoms with van der Waals surface area (Å²) in [6, 6.07) is -0.0186. The number of β-amino-alcohol motifs (C(OH)–C–C–N with tert-alkyl or cyclic N) is 1. The normalized spacial score (nSPS) is 30.1. The molecule has 0 spiro atoms. The van der Waals surface area contributed by atoms with E-state index in [9.17, 15) is 13.5 Å². The first kappa shape index (κ1) is 11.9. The largest absolute Gasteiger partial charge is 0.390 e. The third-order valence-corrected chi connectivity index (χ3v) is 4.32. The van der Waals surface area contributed by atoms with Crippen LogP contribution in [0.15, 0.2) is 0 Å². The molecule has 6 heteroatoms. The molecule has 0 bridgehead atoms. The summed E-state index contributed by atoms with van der Waals surface area (Å²) in [6.45, 7) is 3.05. The minimum atomic E-state index is -2.86. The van der Waals surface area contributed by atoms with E-state index in [0.717, 1.165) is 0 Å². The van der Waals surface area contributed by atoms with Crippen LogP contribution in [0.5, 0.6) is 0 Å². The highest BCUT2D eigenvalue weighted by Gasteiger charge is 2.28. The van der Waals surface area contributed by atoms with Crippen molar-refractivity contribution in [2.24, 2.45) is 5.73 Å². The second-order valence-corrected chi connectivity index (χ2v) is 6.08. The molecule has 0 aromatic heterocycles. The predicted molar refractivity (Wildman–Crippen MR) is 54.8 cm³/mol. The van der Waals surface area contributed by atoms with Gasteiger partial charge in [-0.2, -0.15) is 0 Å². The minimum Gasteiger partial charge on any atom is -0.390 e. The van der Waals surface area contributed by atoms with E-state index < -0.39 is 15.9 Å². The van der Waals surface area contributed by atoms with Crippen molar-refractivity contribution in [3.8, 4) is 0 Å². The molecule has 14 heavy (non-hydrogen) atoms. The molecule has 0 aromatic carbocycles. The third-order valence-electron chi connectivity index (χ3n) is 2.53. The summed E-state index contributed by atoms with van der Waals surface area (Å²) in [5.41, 5.74) is 5.29. The van der Waals surface area contributed by atoms with Gasteiger partial charge in [0.05, 0.1) is 17.6 Å². The highest BCUT2D eigenvalue weighted by Crippen LogP contribution is 2.11. The zero-order valence-corrected chi connectivity index (χ0v) is 9.20. The van der Waals surface area contributed by atoms with Gasteiger partial charge in [0.1, 0.15) is 0 Å². The van der Waals surface area contributed by atoms with E-state index in [0.29, 0.717) is 13.1 Å². The van der Waals surface area contributed by atoms with E-state index in [2.05, 4.69) is 0 Å². The second-order valence-electron chi connectivity index (χ2n) is 3.85. The summed E-state index contributed by atoms with van der Waals surface area (Å²) in [5, 5.41) is 9.34. The van der Waals surface area contributed by atoms with Gasteiger partial charge in [-0.05, 0) is 6.92 Å². The van der Waals surface area contributed by atoms with Crippen LogP contribution in [0.2, 0.25) is 0 Å². The van der Waals surface area contributed by atoms with Crippen molar-refractivity contribution in [2.75, 3.05) is 31.1 Å². The summed E-state index contributed by atoms with van der Waals surface area (Å²) in [6.07, 6.45) is -0.557. The summed E-state index contributed by atoms with van der Waals surface area (Å²) >= 11 is 0.